The quantitative estimate of drug-likeness (QED) is 0.252. The summed E-state index contributed by atoms with van der Waals surface area (Å²) in [5, 5.41) is 8.45. The zero-order valence-corrected chi connectivity index (χ0v) is 20.8. The second-order valence-corrected chi connectivity index (χ2v) is 9.38. The molecule has 34 heavy (non-hydrogen) atoms. The summed E-state index contributed by atoms with van der Waals surface area (Å²) < 4.78 is 5.84. The van der Waals surface area contributed by atoms with E-state index < -0.39 is 0 Å². The van der Waals surface area contributed by atoms with Crippen molar-refractivity contribution in [2.45, 2.75) is 24.8 Å². The Bertz CT molecular complexity index is 1360. The van der Waals surface area contributed by atoms with Gasteiger partial charge in [-0.15, -0.1) is 11.8 Å². The fraction of sp³-hybridized carbons (Fsp3) is 0.148. The third-order valence-electron chi connectivity index (χ3n) is 5.90. The molecule has 0 bridgehead atoms. The van der Waals surface area contributed by atoms with Gasteiger partial charge in [-0.25, -0.2) is 0 Å². The first kappa shape index (κ1) is 22.4. The molecule has 0 radical (unpaired) electrons. The molecule has 3 aromatic carbocycles. The Balaban J connectivity index is 1.65. The van der Waals surface area contributed by atoms with Crippen molar-refractivity contribution in [3.63, 3.8) is 0 Å². The van der Waals surface area contributed by atoms with E-state index in [1.165, 1.54) is 10.5 Å². The first-order valence-electron chi connectivity index (χ1n) is 11.0. The lowest BCUT2D eigenvalue weighted by atomic mass is 9.94. The van der Waals surface area contributed by atoms with E-state index in [4.69, 9.17) is 21.7 Å². The van der Waals surface area contributed by atoms with Crippen LogP contribution in [-0.4, -0.2) is 21.5 Å². The highest BCUT2D eigenvalue weighted by molar-refractivity contribution is 7.98. The van der Waals surface area contributed by atoms with Crippen LogP contribution in [0.4, 0.5) is 5.69 Å². The van der Waals surface area contributed by atoms with Gasteiger partial charge >= 0.3 is 0 Å². The minimum absolute atomic E-state index is 0.208. The van der Waals surface area contributed by atoms with E-state index in [1.807, 2.05) is 53.4 Å². The van der Waals surface area contributed by atoms with E-state index in [0.717, 1.165) is 28.1 Å². The maximum absolute atomic E-state index is 5.85. The Labute approximate surface area is 208 Å². The summed E-state index contributed by atoms with van der Waals surface area (Å²) in [6, 6.07) is 26.4. The fourth-order valence-corrected chi connectivity index (χ4v) is 4.94. The van der Waals surface area contributed by atoms with Crippen LogP contribution in [0.25, 0.3) is 17.0 Å². The number of allylic oxidation sites excluding steroid dienone is 1. The number of thiocarbonyl (C=S) groups is 1. The van der Waals surface area contributed by atoms with Gasteiger partial charge in [0, 0.05) is 21.8 Å². The molecular weight excluding hydrogens is 460 g/mol. The van der Waals surface area contributed by atoms with E-state index >= 15 is 0 Å². The molecule has 5 rings (SSSR count). The molecule has 0 saturated heterocycles. The topological polar surface area (TPSA) is 54.2 Å². The molecule has 1 aliphatic rings. The molecule has 170 valence electrons. The molecule has 0 saturated carbocycles. The van der Waals surface area contributed by atoms with Gasteiger partial charge in [0.1, 0.15) is 0 Å². The normalized spacial score (nSPS) is 16.0. The minimum atomic E-state index is -0.208. The van der Waals surface area contributed by atoms with Crippen molar-refractivity contribution in [1.82, 2.24) is 15.5 Å². The summed E-state index contributed by atoms with van der Waals surface area (Å²) >= 11 is 7.55. The molecule has 1 N–H and O–H groups in total. The van der Waals surface area contributed by atoms with Crippen LogP contribution in [0.2, 0.25) is 0 Å². The lowest BCUT2D eigenvalue weighted by Crippen LogP contribution is -2.46. The van der Waals surface area contributed by atoms with Gasteiger partial charge in [-0.1, -0.05) is 71.4 Å². The highest BCUT2D eigenvalue weighted by Crippen LogP contribution is 2.39. The van der Waals surface area contributed by atoms with Gasteiger partial charge in [-0.05, 0) is 56.1 Å². The van der Waals surface area contributed by atoms with Crippen molar-refractivity contribution >= 4 is 40.4 Å². The predicted molar refractivity (Wildman–Crippen MR) is 143 cm³/mol. The Hall–Kier alpha value is -3.42. The molecule has 1 aromatic heterocycles. The second-order valence-electron chi connectivity index (χ2n) is 8.12. The number of benzene rings is 3. The van der Waals surface area contributed by atoms with Gasteiger partial charge in [-0.2, -0.15) is 4.98 Å². The van der Waals surface area contributed by atoms with Crippen molar-refractivity contribution in [2.75, 3.05) is 11.2 Å². The van der Waals surface area contributed by atoms with E-state index in [-0.39, 0.29) is 6.04 Å². The largest absolute Gasteiger partial charge is 0.351 e. The van der Waals surface area contributed by atoms with Crippen molar-refractivity contribution in [1.29, 1.82) is 0 Å². The minimum Gasteiger partial charge on any atom is -0.351 e. The van der Waals surface area contributed by atoms with Gasteiger partial charge < -0.3 is 9.84 Å². The standard InChI is InChI=1S/C27H24N4OS2/c1-17-12-14-20(15-13-17)25-29-26(32-30-25)23-18(2)31(21-10-7-11-22(16-21)34-3)27(33)28-24(23)19-8-5-4-6-9-19/h4-16,24H,1-3H3,(H,28,33). The molecule has 1 atom stereocenters. The maximum Gasteiger partial charge on any atom is 0.258 e. The van der Waals surface area contributed by atoms with Crippen molar-refractivity contribution in [3.05, 3.63) is 102 Å². The van der Waals surface area contributed by atoms with E-state index in [2.05, 4.69) is 60.9 Å². The number of nitrogens with one attached hydrogen (secondary N) is 1. The van der Waals surface area contributed by atoms with E-state index in [1.54, 1.807) is 11.8 Å². The molecule has 0 spiro atoms. The number of anilines is 1. The highest BCUT2D eigenvalue weighted by Gasteiger charge is 2.34. The van der Waals surface area contributed by atoms with Gasteiger partial charge in [0.2, 0.25) is 5.82 Å². The number of rotatable bonds is 5. The van der Waals surface area contributed by atoms with Crippen LogP contribution in [0.1, 0.15) is 30.0 Å². The molecule has 0 fully saturated rings. The van der Waals surface area contributed by atoms with Gasteiger partial charge in [0.25, 0.3) is 5.89 Å². The lowest BCUT2D eigenvalue weighted by molar-refractivity contribution is 0.404. The van der Waals surface area contributed by atoms with Crippen LogP contribution in [0, 0.1) is 6.92 Å². The van der Waals surface area contributed by atoms with Crippen molar-refractivity contribution in [3.8, 4) is 11.4 Å². The molecule has 1 aliphatic heterocycles. The summed E-state index contributed by atoms with van der Waals surface area (Å²) in [4.78, 5) is 8.00. The number of thioether (sulfide) groups is 1. The average Bonchev–Trinajstić information content (AvgIpc) is 3.34. The second kappa shape index (κ2) is 9.44. The van der Waals surface area contributed by atoms with Crippen LogP contribution >= 0.6 is 24.0 Å². The first-order valence-corrected chi connectivity index (χ1v) is 12.6. The van der Waals surface area contributed by atoms with Crippen molar-refractivity contribution < 1.29 is 4.52 Å². The Morgan fingerprint density at radius 3 is 2.47 bits per heavy atom. The average molecular weight is 485 g/mol. The Morgan fingerprint density at radius 2 is 1.74 bits per heavy atom. The van der Waals surface area contributed by atoms with Crippen LogP contribution < -0.4 is 10.2 Å². The summed E-state index contributed by atoms with van der Waals surface area (Å²) in [5.74, 6) is 1.04. The van der Waals surface area contributed by atoms with Crippen LogP contribution in [-0.2, 0) is 0 Å². The zero-order valence-electron chi connectivity index (χ0n) is 19.1. The third-order valence-corrected chi connectivity index (χ3v) is 6.92. The predicted octanol–water partition coefficient (Wildman–Crippen LogP) is 6.63. The molecular formula is C27H24N4OS2. The number of aromatic nitrogens is 2. The molecule has 1 unspecified atom stereocenters. The Kier molecular flexibility index (Phi) is 6.22. The number of hydrogen-bond acceptors (Lipinski definition) is 5. The molecule has 0 aliphatic carbocycles. The van der Waals surface area contributed by atoms with Crippen LogP contribution in [0.3, 0.4) is 0 Å². The summed E-state index contributed by atoms with van der Waals surface area (Å²) in [5.41, 5.74) is 6.02. The van der Waals surface area contributed by atoms with Crippen LogP contribution in [0.5, 0.6) is 0 Å². The number of aryl methyl sites for hydroxylation is 1. The van der Waals surface area contributed by atoms with E-state index in [9.17, 15) is 0 Å². The van der Waals surface area contributed by atoms with Crippen LogP contribution in [0.15, 0.2) is 94.0 Å². The molecule has 5 nitrogen and oxygen atoms in total. The first-order chi connectivity index (χ1) is 16.5. The number of hydrogen-bond donors (Lipinski definition) is 1. The molecule has 0 amide bonds. The number of nitrogens with zero attached hydrogens (tertiary/aromatic N) is 3. The molecule has 4 aromatic rings. The molecule has 7 heteroatoms. The summed E-state index contributed by atoms with van der Waals surface area (Å²) in [6.45, 7) is 4.11. The third kappa shape index (κ3) is 4.24. The highest BCUT2D eigenvalue weighted by atomic mass is 32.2. The fourth-order valence-electron chi connectivity index (χ4n) is 4.13. The summed E-state index contributed by atoms with van der Waals surface area (Å²) in [7, 11) is 0. The van der Waals surface area contributed by atoms with Gasteiger partial charge in [-0.3, -0.25) is 4.90 Å². The van der Waals surface area contributed by atoms with Gasteiger partial charge in [0.05, 0.1) is 11.6 Å². The Morgan fingerprint density at radius 1 is 0.971 bits per heavy atom. The SMILES string of the molecule is CSc1cccc(N2C(=S)NC(c3ccccc3)C(c3nc(-c4ccc(C)cc4)no3)=C2C)c1. The maximum atomic E-state index is 5.85. The zero-order chi connectivity index (χ0) is 23.7. The lowest BCUT2D eigenvalue weighted by Gasteiger charge is -2.37. The monoisotopic (exact) mass is 484 g/mol. The van der Waals surface area contributed by atoms with E-state index in [0.29, 0.717) is 16.8 Å². The smallest absolute Gasteiger partial charge is 0.258 e. The van der Waals surface area contributed by atoms with Gasteiger partial charge in [0.15, 0.2) is 5.11 Å². The summed E-state index contributed by atoms with van der Waals surface area (Å²) in [6.07, 6.45) is 2.07. The molecule has 2 heterocycles. The van der Waals surface area contributed by atoms with Crippen molar-refractivity contribution in [2.24, 2.45) is 0 Å².